The van der Waals surface area contributed by atoms with Gasteiger partial charge in [-0.15, -0.1) is 0 Å². The van der Waals surface area contributed by atoms with Crippen LogP contribution in [0.1, 0.15) is 107 Å². The van der Waals surface area contributed by atoms with Gasteiger partial charge in [-0.1, -0.05) is 24.3 Å². The van der Waals surface area contributed by atoms with Gasteiger partial charge in [-0.05, 0) is 201 Å². The number of hydrogen-bond donors (Lipinski definition) is 2. The molecule has 0 atom stereocenters. The van der Waals surface area contributed by atoms with Crippen LogP contribution >= 0.6 is 0 Å². The molecule has 0 radical (unpaired) electrons. The number of carbonyl (C=O) groups excluding carboxylic acids is 4. The van der Waals surface area contributed by atoms with Crippen LogP contribution in [0.15, 0.2) is 140 Å². The van der Waals surface area contributed by atoms with Crippen molar-refractivity contribution in [3.05, 3.63) is 140 Å². The zero-order chi connectivity index (χ0) is 55.9. The van der Waals surface area contributed by atoms with E-state index < -0.39 is 46.3 Å². The van der Waals surface area contributed by atoms with E-state index in [2.05, 4.69) is 36.6 Å². The van der Waals surface area contributed by atoms with Gasteiger partial charge in [0.05, 0.1) is 52.2 Å². The molecule has 6 aromatic heterocycles. The lowest BCUT2D eigenvalue weighted by atomic mass is 9.83. The van der Waals surface area contributed by atoms with Crippen molar-refractivity contribution < 1.29 is 38.1 Å². The van der Waals surface area contributed by atoms with Crippen molar-refractivity contribution >= 4 is 23.9 Å². The molecular weight excluding hydrogens is 985 g/mol. The third kappa shape index (κ3) is 17.9. The fourth-order valence-electron chi connectivity index (χ4n) is 8.51. The van der Waals surface area contributed by atoms with Gasteiger partial charge in [0.25, 0.3) is 0 Å². The summed E-state index contributed by atoms with van der Waals surface area (Å²) in [5, 5.41) is 6.02. The Morgan fingerprint density at radius 2 is 0.769 bits per heavy atom. The molecule has 0 spiro atoms. The summed E-state index contributed by atoms with van der Waals surface area (Å²) in [4.78, 5) is 82.0. The van der Waals surface area contributed by atoms with E-state index in [9.17, 15) is 19.2 Å². The second kappa shape index (κ2) is 25.6. The summed E-state index contributed by atoms with van der Waals surface area (Å²) in [5.74, 6) is -0.884. The predicted molar refractivity (Wildman–Crippen MR) is 300 cm³/mol. The molecule has 0 unspecified atom stereocenters. The molecule has 7 aromatic rings. The smallest absolute Gasteiger partial charge is 0.315 e. The van der Waals surface area contributed by atoms with E-state index in [1.165, 1.54) is 0 Å². The van der Waals surface area contributed by atoms with Gasteiger partial charge in [0.1, 0.15) is 22.6 Å². The van der Waals surface area contributed by atoms with E-state index in [4.69, 9.17) is 28.9 Å². The van der Waals surface area contributed by atoms with Crippen molar-refractivity contribution in [3.8, 4) is 73.6 Å². The molecule has 1 aromatic carbocycles. The molecule has 0 aliphatic carbocycles. The van der Waals surface area contributed by atoms with E-state index in [0.717, 1.165) is 22.3 Å². The minimum Gasteiger partial charge on any atom is -0.493 e. The summed E-state index contributed by atoms with van der Waals surface area (Å²) in [6.45, 7) is 16.3. The summed E-state index contributed by atoms with van der Waals surface area (Å²) in [6.07, 6.45) is 7.32. The van der Waals surface area contributed by atoms with Crippen LogP contribution in [0.3, 0.4) is 0 Å². The number of amides is 2. The summed E-state index contributed by atoms with van der Waals surface area (Å²) in [6, 6.07) is 36.3. The van der Waals surface area contributed by atoms with Gasteiger partial charge in [0, 0.05) is 56.1 Å². The number of nitrogens with zero attached hydrogens (tertiary/aromatic N) is 6. The lowest BCUT2D eigenvalue weighted by Gasteiger charge is -2.35. The van der Waals surface area contributed by atoms with Crippen LogP contribution in [0.4, 0.5) is 4.79 Å². The Hall–Kier alpha value is -8.40. The Labute approximate surface area is 457 Å². The summed E-state index contributed by atoms with van der Waals surface area (Å²) in [5.41, 5.74) is 5.31. The van der Waals surface area contributed by atoms with E-state index >= 15 is 0 Å². The van der Waals surface area contributed by atoms with E-state index in [-0.39, 0.29) is 51.7 Å². The molecule has 6 heterocycles. The Balaban J connectivity index is 1.18. The van der Waals surface area contributed by atoms with Crippen LogP contribution in [0.2, 0.25) is 0 Å². The van der Waals surface area contributed by atoms with E-state index in [0.29, 0.717) is 57.7 Å². The second-order valence-electron chi connectivity index (χ2n) is 22.0. The summed E-state index contributed by atoms with van der Waals surface area (Å²) < 4.78 is 23.5. The zero-order valence-corrected chi connectivity index (χ0v) is 46.1. The molecule has 2 amide bonds. The minimum atomic E-state index is -1.21. The van der Waals surface area contributed by atoms with Crippen LogP contribution in [0.5, 0.6) is 5.75 Å². The highest BCUT2D eigenvalue weighted by Crippen LogP contribution is 2.37. The standard InChI is InChI=1S/C62H70N8O8/c1-59(2,3)76-55(71)23-26-62(27-24-56(72)77-60(4,5)6,28-25-57(73)78-61(7,8)9)70-58(74)67-33-18-34-75-46-36-42(44-38-51(47-19-10-14-29-63-47)68-52(39-44)48-20-11-15-30-64-48)35-43(37-46)45-40-53(49-21-12-16-31-65-49)69-54(41-45)50-22-13-17-32-66-50/h10-17,19-22,29-32,35-41H,18,23-28,33-34H2,1-9H3,(H2,67,70,74). The normalized spacial score (nSPS) is 11.8. The number of esters is 3. The first-order chi connectivity index (χ1) is 37.1. The lowest BCUT2D eigenvalue weighted by Crippen LogP contribution is -2.53. The minimum absolute atomic E-state index is 0.0804. The molecule has 0 aliphatic heterocycles. The molecule has 16 nitrogen and oxygen atoms in total. The number of hydrogen-bond acceptors (Lipinski definition) is 14. The topological polar surface area (TPSA) is 207 Å². The maximum atomic E-state index is 14.0. The van der Waals surface area contributed by atoms with Crippen LogP contribution in [0.25, 0.3) is 67.8 Å². The molecule has 2 N–H and O–H groups in total. The van der Waals surface area contributed by atoms with Crippen LogP contribution in [-0.2, 0) is 28.6 Å². The van der Waals surface area contributed by atoms with Gasteiger partial charge in [-0.25, -0.2) is 14.8 Å². The highest BCUT2D eigenvalue weighted by Gasteiger charge is 2.36. The first kappa shape index (κ1) is 57.3. The van der Waals surface area contributed by atoms with Crippen LogP contribution in [-0.4, -0.2) is 89.3 Å². The van der Waals surface area contributed by atoms with E-state index in [1.54, 1.807) is 87.1 Å². The van der Waals surface area contributed by atoms with E-state index in [1.807, 2.05) is 109 Å². The van der Waals surface area contributed by atoms with Crippen LogP contribution in [0, 0.1) is 0 Å². The molecule has 0 bridgehead atoms. The highest BCUT2D eigenvalue weighted by molar-refractivity contribution is 5.82. The number of urea groups is 1. The van der Waals surface area contributed by atoms with Crippen molar-refractivity contribution in [2.45, 2.75) is 130 Å². The first-order valence-electron chi connectivity index (χ1n) is 26.3. The quantitative estimate of drug-likeness (QED) is 0.0390. The molecule has 7 rings (SSSR count). The van der Waals surface area contributed by atoms with Crippen LogP contribution < -0.4 is 15.4 Å². The fourth-order valence-corrected chi connectivity index (χ4v) is 8.51. The lowest BCUT2D eigenvalue weighted by molar-refractivity contribution is -0.155. The third-order valence-electron chi connectivity index (χ3n) is 11.9. The molecule has 0 fully saturated rings. The first-order valence-corrected chi connectivity index (χ1v) is 26.3. The Morgan fingerprint density at radius 3 is 1.08 bits per heavy atom. The molecule has 0 saturated heterocycles. The number of rotatable bonds is 21. The van der Waals surface area contributed by atoms with Gasteiger partial charge in [0.2, 0.25) is 0 Å². The Morgan fingerprint density at radius 1 is 0.436 bits per heavy atom. The predicted octanol–water partition coefficient (Wildman–Crippen LogP) is 12.2. The van der Waals surface area contributed by atoms with Gasteiger partial charge in [-0.3, -0.25) is 34.3 Å². The molecule has 0 saturated carbocycles. The Kier molecular flexibility index (Phi) is 18.8. The SMILES string of the molecule is CC(C)(C)OC(=O)CCC(CCC(=O)OC(C)(C)C)(CCC(=O)OC(C)(C)C)NC(=O)NCCCOc1cc(-c2cc(-c3ccccn3)nc(-c3ccccn3)c2)cc(-c2cc(-c3ccccn3)nc(-c3ccccn3)c2)c1. The van der Waals surface area contributed by atoms with Gasteiger partial charge < -0.3 is 29.6 Å². The maximum absolute atomic E-state index is 14.0. The van der Waals surface area contributed by atoms with Gasteiger partial charge in [-0.2, -0.15) is 0 Å². The average Bonchev–Trinajstić information content (AvgIpc) is 3.50. The van der Waals surface area contributed by atoms with Crippen molar-refractivity contribution in [2.75, 3.05) is 13.2 Å². The monoisotopic (exact) mass is 1050 g/mol. The van der Waals surface area contributed by atoms with Crippen molar-refractivity contribution in [2.24, 2.45) is 0 Å². The number of pyridine rings is 6. The number of aromatic nitrogens is 6. The Bertz CT molecular complexity index is 2800. The number of benzene rings is 1. The van der Waals surface area contributed by atoms with Crippen molar-refractivity contribution in [1.29, 1.82) is 0 Å². The average molecular weight is 1060 g/mol. The molecule has 406 valence electrons. The third-order valence-corrected chi connectivity index (χ3v) is 11.9. The number of ether oxygens (including phenoxy) is 4. The molecular formula is C62H70N8O8. The molecule has 16 heteroatoms. The second-order valence-corrected chi connectivity index (χ2v) is 22.0. The molecule has 78 heavy (non-hydrogen) atoms. The zero-order valence-electron chi connectivity index (χ0n) is 46.1. The number of carbonyl (C=O) groups is 4. The number of nitrogens with one attached hydrogen (secondary N) is 2. The van der Waals surface area contributed by atoms with Crippen molar-refractivity contribution in [3.63, 3.8) is 0 Å². The largest absolute Gasteiger partial charge is 0.493 e. The highest BCUT2D eigenvalue weighted by atomic mass is 16.6. The van der Waals surface area contributed by atoms with Gasteiger partial charge in [0.15, 0.2) is 0 Å². The molecule has 0 aliphatic rings. The summed E-state index contributed by atoms with van der Waals surface area (Å²) >= 11 is 0. The van der Waals surface area contributed by atoms with Crippen molar-refractivity contribution in [1.82, 2.24) is 40.5 Å². The maximum Gasteiger partial charge on any atom is 0.315 e. The summed E-state index contributed by atoms with van der Waals surface area (Å²) in [7, 11) is 0. The fraction of sp³-hybridized carbons (Fsp3) is 0.355. The van der Waals surface area contributed by atoms with Gasteiger partial charge >= 0.3 is 23.9 Å².